The number of hydrogen-bond acceptors (Lipinski definition) is 5. The Kier molecular flexibility index (Phi) is 5.26. The van der Waals surface area contributed by atoms with Crippen molar-refractivity contribution in [2.24, 2.45) is 5.84 Å². The zero-order valence-corrected chi connectivity index (χ0v) is 11.9. The number of carbonyl (C=O) groups is 1. The topological polar surface area (TPSA) is 89.3 Å². The molecule has 1 amide bonds. The normalized spacial score (nSPS) is 11.2. The average Bonchev–Trinajstić information content (AvgIpc) is 2.35. The molecule has 4 N–H and O–H groups in total. The van der Waals surface area contributed by atoms with Crippen LogP contribution in [-0.4, -0.2) is 29.6 Å². The van der Waals surface area contributed by atoms with Crippen LogP contribution >= 0.6 is 0 Å². The predicted molar refractivity (Wildman–Crippen MR) is 74.8 cm³/mol. The Morgan fingerprint density at radius 1 is 1.47 bits per heavy atom. The van der Waals surface area contributed by atoms with Crippen LogP contribution in [0.1, 0.15) is 36.8 Å². The number of nitrogens with zero attached hydrogens (tertiary/aromatic N) is 1. The van der Waals surface area contributed by atoms with Gasteiger partial charge >= 0.3 is 0 Å². The van der Waals surface area contributed by atoms with Crippen LogP contribution in [0.2, 0.25) is 0 Å². The molecule has 1 aromatic heterocycles. The summed E-state index contributed by atoms with van der Waals surface area (Å²) in [5.74, 6) is 5.60. The van der Waals surface area contributed by atoms with E-state index in [1.807, 2.05) is 27.7 Å². The maximum absolute atomic E-state index is 12.1. The maximum Gasteiger partial charge on any atom is 0.251 e. The van der Waals surface area contributed by atoms with E-state index in [0.717, 1.165) is 5.69 Å². The highest BCUT2D eigenvalue weighted by Crippen LogP contribution is 2.11. The fourth-order valence-corrected chi connectivity index (χ4v) is 1.71. The maximum atomic E-state index is 12.1. The third-order valence-corrected chi connectivity index (χ3v) is 2.57. The van der Waals surface area contributed by atoms with E-state index >= 15 is 0 Å². The number of nitrogens with two attached hydrogens (primary N) is 1. The number of ether oxygens (including phenoxy) is 1. The molecule has 1 aromatic rings. The summed E-state index contributed by atoms with van der Waals surface area (Å²) in [6, 6.07) is 3.32. The van der Waals surface area contributed by atoms with Gasteiger partial charge < -0.3 is 15.5 Å². The molecule has 19 heavy (non-hydrogen) atoms. The number of pyridine rings is 1. The summed E-state index contributed by atoms with van der Waals surface area (Å²) in [7, 11) is 0. The Bertz CT molecular complexity index is 446. The van der Waals surface area contributed by atoms with Crippen LogP contribution in [0, 0.1) is 6.92 Å². The van der Waals surface area contributed by atoms with E-state index in [-0.39, 0.29) is 11.5 Å². The molecule has 106 valence electrons. The first-order chi connectivity index (χ1) is 8.88. The first-order valence-electron chi connectivity index (χ1n) is 6.25. The quantitative estimate of drug-likeness (QED) is 0.532. The molecule has 1 rings (SSSR count). The monoisotopic (exact) mass is 266 g/mol. The van der Waals surface area contributed by atoms with Crippen LogP contribution < -0.4 is 16.6 Å². The summed E-state index contributed by atoms with van der Waals surface area (Å²) >= 11 is 0. The minimum absolute atomic E-state index is 0.172. The van der Waals surface area contributed by atoms with Gasteiger partial charge in [-0.15, -0.1) is 0 Å². The van der Waals surface area contributed by atoms with Crippen molar-refractivity contribution in [2.75, 3.05) is 18.6 Å². The van der Waals surface area contributed by atoms with Gasteiger partial charge in [-0.3, -0.25) is 4.79 Å². The van der Waals surface area contributed by atoms with Crippen LogP contribution in [0.4, 0.5) is 5.82 Å². The van der Waals surface area contributed by atoms with Gasteiger partial charge in [0.25, 0.3) is 5.91 Å². The van der Waals surface area contributed by atoms with Crippen molar-refractivity contribution >= 4 is 11.7 Å². The molecule has 6 nitrogen and oxygen atoms in total. The molecule has 0 unspecified atom stereocenters. The molecule has 6 heteroatoms. The summed E-state index contributed by atoms with van der Waals surface area (Å²) in [6.45, 7) is 8.64. The first-order valence-corrected chi connectivity index (χ1v) is 6.25. The average molecular weight is 266 g/mol. The van der Waals surface area contributed by atoms with E-state index in [2.05, 4.69) is 15.7 Å². The second-order valence-corrected chi connectivity index (χ2v) is 4.90. The molecule has 0 aromatic carbocycles. The van der Waals surface area contributed by atoms with Gasteiger partial charge in [0, 0.05) is 24.4 Å². The zero-order valence-electron chi connectivity index (χ0n) is 11.9. The lowest BCUT2D eigenvalue weighted by Gasteiger charge is -2.24. The number of amides is 1. The molecule has 1 heterocycles. The predicted octanol–water partition coefficient (Wildman–Crippen LogP) is 1.22. The van der Waals surface area contributed by atoms with Gasteiger partial charge in [0.15, 0.2) is 0 Å². The Balaban J connectivity index is 2.71. The van der Waals surface area contributed by atoms with E-state index < -0.39 is 0 Å². The smallest absolute Gasteiger partial charge is 0.251 e. The zero-order chi connectivity index (χ0) is 14.5. The van der Waals surface area contributed by atoms with Gasteiger partial charge in [-0.05, 0) is 39.8 Å². The van der Waals surface area contributed by atoms with Crippen molar-refractivity contribution < 1.29 is 9.53 Å². The van der Waals surface area contributed by atoms with Crippen molar-refractivity contribution in [2.45, 2.75) is 33.3 Å². The number of hydrazine groups is 1. The standard InChI is InChI=1S/C13H22N4O2/c1-5-19-13(3,4)8-15-12(18)10-6-9(2)16-11(7-10)17-14/h6-7H,5,8,14H2,1-4H3,(H,15,18)(H,16,17). The van der Waals surface area contributed by atoms with Gasteiger partial charge in [0.2, 0.25) is 0 Å². The lowest BCUT2D eigenvalue weighted by atomic mass is 10.1. The lowest BCUT2D eigenvalue weighted by Crippen LogP contribution is -2.40. The van der Waals surface area contributed by atoms with Gasteiger partial charge in [-0.2, -0.15) is 0 Å². The number of rotatable bonds is 6. The minimum Gasteiger partial charge on any atom is -0.374 e. The number of nitrogen functional groups attached to an aromatic ring is 1. The van der Waals surface area contributed by atoms with Crippen LogP contribution in [0.5, 0.6) is 0 Å². The van der Waals surface area contributed by atoms with Crippen LogP contribution in [0.15, 0.2) is 12.1 Å². The fraction of sp³-hybridized carbons (Fsp3) is 0.538. The van der Waals surface area contributed by atoms with Gasteiger partial charge in [0.1, 0.15) is 5.82 Å². The molecular formula is C13H22N4O2. The molecule has 0 saturated heterocycles. The molecule has 0 aliphatic rings. The molecule has 0 bridgehead atoms. The second kappa shape index (κ2) is 6.49. The molecule has 0 fully saturated rings. The van der Waals surface area contributed by atoms with Crippen molar-refractivity contribution in [1.82, 2.24) is 10.3 Å². The number of carbonyl (C=O) groups excluding carboxylic acids is 1. The molecule has 0 spiro atoms. The lowest BCUT2D eigenvalue weighted by molar-refractivity contribution is -0.00815. The van der Waals surface area contributed by atoms with Gasteiger partial charge in [0.05, 0.1) is 5.60 Å². The van der Waals surface area contributed by atoms with Crippen LogP contribution in [0.25, 0.3) is 0 Å². The Morgan fingerprint density at radius 3 is 2.74 bits per heavy atom. The van der Waals surface area contributed by atoms with Crippen molar-refractivity contribution in [1.29, 1.82) is 0 Å². The molecule has 0 aliphatic carbocycles. The third-order valence-electron chi connectivity index (χ3n) is 2.57. The first kappa shape index (κ1) is 15.4. The molecule has 0 saturated carbocycles. The third kappa shape index (κ3) is 4.84. The van der Waals surface area contributed by atoms with E-state index in [9.17, 15) is 4.79 Å². The van der Waals surface area contributed by atoms with Crippen molar-refractivity contribution in [3.63, 3.8) is 0 Å². The van der Waals surface area contributed by atoms with E-state index in [4.69, 9.17) is 10.6 Å². The molecular weight excluding hydrogens is 244 g/mol. The summed E-state index contributed by atoms with van der Waals surface area (Å²) in [5.41, 5.74) is 3.30. The van der Waals surface area contributed by atoms with Gasteiger partial charge in [-0.25, -0.2) is 10.8 Å². The number of anilines is 1. The number of aryl methyl sites for hydroxylation is 1. The fourth-order valence-electron chi connectivity index (χ4n) is 1.71. The largest absolute Gasteiger partial charge is 0.374 e. The van der Waals surface area contributed by atoms with E-state index in [1.54, 1.807) is 12.1 Å². The minimum atomic E-state index is -0.387. The van der Waals surface area contributed by atoms with E-state index in [1.165, 1.54) is 0 Å². The summed E-state index contributed by atoms with van der Waals surface area (Å²) in [5, 5.41) is 2.84. The molecule has 0 aliphatic heterocycles. The highest BCUT2D eigenvalue weighted by Gasteiger charge is 2.19. The second-order valence-electron chi connectivity index (χ2n) is 4.90. The van der Waals surface area contributed by atoms with Gasteiger partial charge in [-0.1, -0.05) is 0 Å². The number of aromatic nitrogens is 1. The summed E-state index contributed by atoms with van der Waals surface area (Å²) in [6.07, 6.45) is 0. The van der Waals surface area contributed by atoms with Crippen molar-refractivity contribution in [3.8, 4) is 0 Å². The Hall–Kier alpha value is -1.66. The summed E-state index contributed by atoms with van der Waals surface area (Å²) < 4.78 is 5.52. The summed E-state index contributed by atoms with van der Waals surface area (Å²) in [4.78, 5) is 16.2. The number of hydrogen-bond donors (Lipinski definition) is 3. The molecule has 0 radical (unpaired) electrons. The number of nitrogens with one attached hydrogen (secondary N) is 2. The highest BCUT2D eigenvalue weighted by atomic mass is 16.5. The Labute approximate surface area is 113 Å². The van der Waals surface area contributed by atoms with Crippen LogP contribution in [0.3, 0.4) is 0 Å². The molecule has 0 atom stereocenters. The van der Waals surface area contributed by atoms with E-state index in [0.29, 0.717) is 24.5 Å². The van der Waals surface area contributed by atoms with Crippen LogP contribution in [-0.2, 0) is 4.74 Å². The SMILES string of the molecule is CCOC(C)(C)CNC(=O)c1cc(C)nc(NN)c1. The Morgan fingerprint density at radius 2 is 2.16 bits per heavy atom. The highest BCUT2D eigenvalue weighted by molar-refractivity contribution is 5.95. The van der Waals surface area contributed by atoms with Crippen molar-refractivity contribution in [3.05, 3.63) is 23.4 Å².